The quantitative estimate of drug-likeness (QED) is 0.433. The molecule has 0 unspecified atom stereocenters. The van der Waals surface area contributed by atoms with Crippen LogP contribution in [0.25, 0.3) is 10.2 Å². The molecule has 1 amide bonds. The Bertz CT molecular complexity index is 1460. The number of ether oxygens (including phenoxy) is 1. The highest BCUT2D eigenvalue weighted by molar-refractivity contribution is 7.17. The fraction of sp³-hybridized carbons (Fsp3) is 0.174. The van der Waals surface area contributed by atoms with Crippen LogP contribution in [0.5, 0.6) is 5.75 Å². The molecule has 10 heteroatoms. The number of halogens is 2. The second kappa shape index (κ2) is 9.60. The van der Waals surface area contributed by atoms with Gasteiger partial charge in [-0.05, 0) is 46.8 Å². The molecule has 1 N–H and O–H groups in total. The van der Waals surface area contributed by atoms with Gasteiger partial charge in [0, 0.05) is 6.54 Å². The van der Waals surface area contributed by atoms with E-state index in [0.29, 0.717) is 27.1 Å². The van der Waals surface area contributed by atoms with Crippen molar-refractivity contribution >= 4 is 39.1 Å². The van der Waals surface area contributed by atoms with Crippen molar-refractivity contribution in [3.8, 4) is 5.75 Å². The molecule has 4 rings (SSSR count). The molecule has 0 aliphatic heterocycles. The summed E-state index contributed by atoms with van der Waals surface area (Å²) in [5, 5.41) is 4.36. The first-order chi connectivity index (χ1) is 15.9. The minimum atomic E-state index is -0.589. The summed E-state index contributed by atoms with van der Waals surface area (Å²) in [4.78, 5) is 38.8. The van der Waals surface area contributed by atoms with Gasteiger partial charge < -0.3 is 10.1 Å². The summed E-state index contributed by atoms with van der Waals surface area (Å²) >= 11 is 6.99. The van der Waals surface area contributed by atoms with Gasteiger partial charge in [0.2, 0.25) is 5.91 Å². The third kappa shape index (κ3) is 4.84. The van der Waals surface area contributed by atoms with Crippen LogP contribution in [0.2, 0.25) is 5.02 Å². The molecule has 0 aliphatic rings. The van der Waals surface area contributed by atoms with E-state index in [0.717, 1.165) is 4.57 Å². The van der Waals surface area contributed by atoms with Gasteiger partial charge in [-0.1, -0.05) is 29.8 Å². The van der Waals surface area contributed by atoms with Gasteiger partial charge in [0.05, 0.1) is 24.2 Å². The van der Waals surface area contributed by atoms with Crippen LogP contribution in [0.1, 0.15) is 11.1 Å². The Labute approximate surface area is 196 Å². The molecule has 170 valence electrons. The molecule has 0 atom stereocenters. The number of aromatic nitrogens is 2. The van der Waals surface area contributed by atoms with Crippen molar-refractivity contribution in [1.82, 2.24) is 14.5 Å². The summed E-state index contributed by atoms with van der Waals surface area (Å²) in [6.07, 6.45) is 0. The fourth-order valence-electron chi connectivity index (χ4n) is 3.43. The number of benzene rings is 2. The Balaban J connectivity index is 1.62. The second-order valence-corrected chi connectivity index (χ2v) is 8.60. The third-order valence-corrected chi connectivity index (χ3v) is 6.27. The number of carbonyl (C=O) groups excluding carboxylic acids is 1. The van der Waals surface area contributed by atoms with Gasteiger partial charge >= 0.3 is 5.69 Å². The lowest BCUT2D eigenvalue weighted by Gasteiger charge is -2.13. The third-order valence-electron chi connectivity index (χ3n) is 5.09. The molecule has 0 radical (unpaired) electrons. The number of rotatable bonds is 7. The maximum absolute atomic E-state index is 13.3. The van der Waals surface area contributed by atoms with Gasteiger partial charge in [-0.25, -0.2) is 9.18 Å². The lowest BCUT2D eigenvalue weighted by atomic mass is 10.2. The van der Waals surface area contributed by atoms with Crippen molar-refractivity contribution in [3.63, 3.8) is 0 Å². The van der Waals surface area contributed by atoms with E-state index in [9.17, 15) is 18.8 Å². The van der Waals surface area contributed by atoms with E-state index in [1.54, 1.807) is 35.7 Å². The van der Waals surface area contributed by atoms with Crippen LogP contribution in [-0.2, 0) is 24.4 Å². The normalized spacial score (nSPS) is 11.0. The van der Waals surface area contributed by atoms with Gasteiger partial charge in [0.15, 0.2) is 0 Å². The summed E-state index contributed by atoms with van der Waals surface area (Å²) < 4.78 is 21.3. The number of amides is 1. The summed E-state index contributed by atoms with van der Waals surface area (Å²) in [6, 6.07) is 12.9. The Morgan fingerprint density at radius 2 is 1.94 bits per heavy atom. The van der Waals surface area contributed by atoms with E-state index in [1.807, 2.05) is 0 Å². The minimum Gasteiger partial charge on any atom is -0.497 e. The molecule has 0 fully saturated rings. The molecule has 7 nitrogen and oxygen atoms in total. The number of fused-ring (bicyclic) bond motifs is 1. The summed E-state index contributed by atoms with van der Waals surface area (Å²) in [6.45, 7) is -0.123. The van der Waals surface area contributed by atoms with Crippen LogP contribution in [0.15, 0.2) is 63.5 Å². The van der Waals surface area contributed by atoms with E-state index in [4.69, 9.17) is 16.3 Å². The Hall–Kier alpha value is -3.43. The van der Waals surface area contributed by atoms with Gasteiger partial charge in [0.1, 0.15) is 22.8 Å². The fourth-order valence-corrected chi connectivity index (χ4v) is 4.47. The van der Waals surface area contributed by atoms with E-state index in [-0.39, 0.29) is 24.7 Å². The average molecular weight is 488 g/mol. The Kier molecular flexibility index (Phi) is 6.62. The monoisotopic (exact) mass is 487 g/mol. The van der Waals surface area contributed by atoms with E-state index in [2.05, 4.69) is 5.32 Å². The SMILES string of the molecule is COc1cccc(Cn2c(=O)c3sccc3n(CC(=O)NCc3ccc(F)c(Cl)c3)c2=O)c1. The summed E-state index contributed by atoms with van der Waals surface area (Å²) in [5.41, 5.74) is 0.732. The zero-order chi connectivity index (χ0) is 23.5. The molecule has 4 aromatic rings. The molecule has 33 heavy (non-hydrogen) atoms. The molecule has 0 saturated carbocycles. The maximum atomic E-state index is 13.3. The molecule has 0 aliphatic carbocycles. The van der Waals surface area contributed by atoms with Crippen molar-refractivity contribution in [2.24, 2.45) is 0 Å². The number of hydrogen-bond donors (Lipinski definition) is 1. The lowest BCUT2D eigenvalue weighted by Crippen LogP contribution is -2.42. The minimum absolute atomic E-state index is 0.0393. The van der Waals surface area contributed by atoms with E-state index >= 15 is 0 Å². The van der Waals surface area contributed by atoms with Gasteiger partial charge in [-0.3, -0.25) is 18.7 Å². The van der Waals surface area contributed by atoms with Crippen LogP contribution in [-0.4, -0.2) is 22.2 Å². The van der Waals surface area contributed by atoms with Crippen molar-refractivity contribution in [2.45, 2.75) is 19.6 Å². The predicted octanol–water partition coefficient (Wildman–Crippen LogP) is 3.39. The lowest BCUT2D eigenvalue weighted by molar-refractivity contribution is -0.121. The Morgan fingerprint density at radius 1 is 1.12 bits per heavy atom. The van der Waals surface area contributed by atoms with Crippen LogP contribution < -0.4 is 21.3 Å². The van der Waals surface area contributed by atoms with Crippen molar-refractivity contribution in [3.05, 3.63) is 96.7 Å². The smallest absolute Gasteiger partial charge is 0.332 e. The molecule has 0 spiro atoms. The molecule has 2 aromatic carbocycles. The highest BCUT2D eigenvalue weighted by Crippen LogP contribution is 2.18. The molecule has 0 bridgehead atoms. The maximum Gasteiger partial charge on any atom is 0.332 e. The van der Waals surface area contributed by atoms with Crippen LogP contribution >= 0.6 is 22.9 Å². The number of hydrogen-bond acceptors (Lipinski definition) is 5. The van der Waals surface area contributed by atoms with Crippen LogP contribution in [0.4, 0.5) is 4.39 Å². The number of nitrogens with zero attached hydrogens (tertiary/aromatic N) is 2. The predicted molar refractivity (Wildman–Crippen MR) is 126 cm³/mol. The van der Waals surface area contributed by atoms with Crippen molar-refractivity contribution in [2.75, 3.05) is 7.11 Å². The Morgan fingerprint density at radius 3 is 2.70 bits per heavy atom. The van der Waals surface area contributed by atoms with Gasteiger partial charge in [-0.15, -0.1) is 11.3 Å². The number of thiophene rings is 1. The topological polar surface area (TPSA) is 82.3 Å². The first-order valence-electron chi connectivity index (χ1n) is 9.92. The first-order valence-corrected chi connectivity index (χ1v) is 11.2. The van der Waals surface area contributed by atoms with Crippen molar-refractivity contribution in [1.29, 1.82) is 0 Å². The highest BCUT2D eigenvalue weighted by atomic mass is 35.5. The first kappa shape index (κ1) is 22.8. The molecule has 2 heterocycles. The van der Waals surface area contributed by atoms with Gasteiger partial charge in [0.25, 0.3) is 5.56 Å². The zero-order valence-corrected chi connectivity index (χ0v) is 19.1. The van der Waals surface area contributed by atoms with E-state index < -0.39 is 23.0 Å². The zero-order valence-electron chi connectivity index (χ0n) is 17.5. The molecular formula is C23H19ClFN3O4S. The molecule has 0 saturated heterocycles. The number of carbonyl (C=O) groups is 1. The highest BCUT2D eigenvalue weighted by Gasteiger charge is 2.17. The molecule has 2 aromatic heterocycles. The average Bonchev–Trinajstić information content (AvgIpc) is 3.30. The summed E-state index contributed by atoms with van der Waals surface area (Å²) in [5.74, 6) is -0.369. The van der Waals surface area contributed by atoms with Gasteiger partial charge in [-0.2, -0.15) is 0 Å². The van der Waals surface area contributed by atoms with Crippen molar-refractivity contribution < 1.29 is 13.9 Å². The van der Waals surface area contributed by atoms with Crippen LogP contribution in [0, 0.1) is 5.82 Å². The summed E-state index contributed by atoms with van der Waals surface area (Å²) in [7, 11) is 1.54. The largest absolute Gasteiger partial charge is 0.497 e. The van der Waals surface area contributed by atoms with E-state index in [1.165, 1.54) is 41.2 Å². The molecular weight excluding hydrogens is 469 g/mol. The number of methoxy groups -OCH3 is 1. The number of nitrogens with one attached hydrogen (secondary N) is 1. The second-order valence-electron chi connectivity index (χ2n) is 7.27. The standard InChI is InChI=1S/C23H19ClFN3O4S/c1-32-16-4-2-3-15(9-16)12-28-22(30)21-19(7-8-33-21)27(23(28)31)13-20(29)26-11-14-5-6-18(25)17(24)10-14/h2-10H,11-13H2,1H3,(H,26,29). The van der Waals surface area contributed by atoms with Crippen LogP contribution in [0.3, 0.4) is 0 Å².